The van der Waals surface area contributed by atoms with Crippen molar-refractivity contribution in [2.24, 2.45) is 0 Å². The van der Waals surface area contributed by atoms with Crippen LogP contribution < -0.4 is 11.5 Å². The van der Waals surface area contributed by atoms with E-state index < -0.39 is 0 Å². The van der Waals surface area contributed by atoms with Crippen molar-refractivity contribution in [1.29, 1.82) is 0 Å². The van der Waals surface area contributed by atoms with E-state index >= 15 is 0 Å². The molecule has 5 aromatic rings. The Morgan fingerprint density at radius 1 is 0.969 bits per heavy atom. The van der Waals surface area contributed by atoms with Crippen molar-refractivity contribution in [2.45, 2.75) is 12.8 Å². The fraction of sp³-hybridized carbons (Fsp3) is 0.0952. The number of carbonyl (C=O) groups is 1. The van der Waals surface area contributed by atoms with Crippen molar-refractivity contribution >= 4 is 23.1 Å². The maximum Gasteiger partial charge on any atom is 0.247 e. The molecule has 5 aromatic heterocycles. The number of imidazole rings is 1. The van der Waals surface area contributed by atoms with Crippen molar-refractivity contribution in [3.05, 3.63) is 67.0 Å². The summed E-state index contributed by atoms with van der Waals surface area (Å²) in [7, 11) is 0. The van der Waals surface area contributed by atoms with E-state index in [0.717, 1.165) is 5.65 Å². The van der Waals surface area contributed by atoms with Crippen LogP contribution in [0.25, 0.3) is 28.5 Å². The Labute approximate surface area is 181 Å². The molecule has 0 unspecified atom stereocenters. The van der Waals surface area contributed by atoms with Crippen LogP contribution in [0, 0.1) is 0 Å². The van der Waals surface area contributed by atoms with E-state index in [-0.39, 0.29) is 29.6 Å². The molecule has 158 valence electrons. The smallest absolute Gasteiger partial charge is 0.247 e. The highest BCUT2D eigenvalue weighted by atomic mass is 16.3. The number of rotatable bonds is 6. The minimum absolute atomic E-state index is 0.0100. The summed E-state index contributed by atoms with van der Waals surface area (Å²) < 4.78 is 7.26. The first-order valence-electron chi connectivity index (χ1n) is 9.69. The molecule has 0 spiro atoms. The number of hydrogen-bond donors (Lipinski definition) is 2. The molecule has 11 nitrogen and oxygen atoms in total. The van der Waals surface area contributed by atoms with Crippen molar-refractivity contribution in [3.8, 4) is 22.8 Å². The lowest BCUT2D eigenvalue weighted by Gasteiger charge is -2.11. The lowest BCUT2D eigenvalue weighted by atomic mass is 10.1. The summed E-state index contributed by atoms with van der Waals surface area (Å²) in [6, 6.07) is 5.26. The molecule has 0 saturated heterocycles. The topological polar surface area (TPSA) is 164 Å². The molecule has 5 heterocycles. The Kier molecular flexibility index (Phi) is 4.75. The number of nitrogens with zero attached hydrogens (tertiary/aromatic N) is 7. The van der Waals surface area contributed by atoms with Gasteiger partial charge in [0.25, 0.3) is 0 Å². The van der Waals surface area contributed by atoms with E-state index in [1.54, 1.807) is 18.5 Å². The molecule has 0 aliphatic rings. The summed E-state index contributed by atoms with van der Waals surface area (Å²) in [4.78, 5) is 38.6. The SMILES string of the molecule is Nc1ccnc(CCC(=O)c2nc(-c3ccc4nccn4c3)c(-c3ncco3)nc2N)n1. The second-order valence-electron chi connectivity index (χ2n) is 6.92. The number of aryl methyl sites for hydroxylation is 1. The summed E-state index contributed by atoms with van der Waals surface area (Å²) in [6.07, 6.45) is 10.2. The molecule has 0 amide bonds. The highest BCUT2D eigenvalue weighted by Crippen LogP contribution is 2.30. The van der Waals surface area contributed by atoms with Gasteiger partial charge in [-0.3, -0.25) is 4.79 Å². The summed E-state index contributed by atoms with van der Waals surface area (Å²) >= 11 is 0. The van der Waals surface area contributed by atoms with Crippen LogP contribution in [0.1, 0.15) is 22.7 Å². The minimum atomic E-state index is -0.287. The van der Waals surface area contributed by atoms with Gasteiger partial charge in [0.15, 0.2) is 17.3 Å². The summed E-state index contributed by atoms with van der Waals surface area (Å²) in [5.41, 5.74) is 14.1. The summed E-state index contributed by atoms with van der Waals surface area (Å²) in [6.45, 7) is 0. The van der Waals surface area contributed by atoms with Crippen molar-refractivity contribution in [1.82, 2.24) is 34.3 Å². The second-order valence-corrected chi connectivity index (χ2v) is 6.92. The predicted molar refractivity (Wildman–Crippen MR) is 115 cm³/mol. The number of oxazole rings is 1. The molecule has 32 heavy (non-hydrogen) atoms. The van der Waals surface area contributed by atoms with Crippen molar-refractivity contribution in [3.63, 3.8) is 0 Å². The third-order valence-corrected chi connectivity index (χ3v) is 4.79. The number of nitrogen functional groups attached to an aromatic ring is 2. The van der Waals surface area contributed by atoms with Gasteiger partial charge in [0.1, 0.15) is 34.9 Å². The molecule has 5 rings (SSSR count). The third kappa shape index (κ3) is 3.62. The second kappa shape index (κ2) is 7.87. The lowest BCUT2D eigenvalue weighted by Crippen LogP contribution is -2.13. The van der Waals surface area contributed by atoms with Gasteiger partial charge in [-0.25, -0.2) is 29.9 Å². The third-order valence-electron chi connectivity index (χ3n) is 4.79. The number of carbonyl (C=O) groups excluding carboxylic acids is 1. The zero-order valence-corrected chi connectivity index (χ0v) is 16.7. The number of anilines is 2. The largest absolute Gasteiger partial charge is 0.443 e. The van der Waals surface area contributed by atoms with Gasteiger partial charge < -0.3 is 20.3 Å². The molecule has 0 fully saturated rings. The summed E-state index contributed by atoms with van der Waals surface area (Å²) in [5, 5.41) is 0. The molecular formula is C21H17N9O2. The Balaban J connectivity index is 1.55. The predicted octanol–water partition coefficient (Wildman–Crippen LogP) is 2.22. The Morgan fingerprint density at radius 2 is 1.88 bits per heavy atom. The molecule has 0 aliphatic heterocycles. The average molecular weight is 427 g/mol. The maximum atomic E-state index is 13.0. The Morgan fingerprint density at radius 3 is 2.69 bits per heavy atom. The fourth-order valence-electron chi connectivity index (χ4n) is 3.28. The van der Waals surface area contributed by atoms with E-state index in [2.05, 4.69) is 29.9 Å². The Hall–Kier alpha value is -4.67. The maximum absolute atomic E-state index is 13.0. The number of fused-ring (bicyclic) bond motifs is 1. The number of nitrogens with two attached hydrogens (primary N) is 2. The monoisotopic (exact) mass is 427 g/mol. The van der Waals surface area contributed by atoms with Gasteiger partial charge in [-0.2, -0.15) is 0 Å². The van der Waals surface area contributed by atoms with Crippen LogP contribution in [0.5, 0.6) is 0 Å². The first-order valence-corrected chi connectivity index (χ1v) is 9.69. The first-order chi connectivity index (χ1) is 15.6. The number of pyridine rings is 1. The molecule has 0 aliphatic carbocycles. The van der Waals surface area contributed by atoms with E-state index in [0.29, 0.717) is 35.0 Å². The van der Waals surface area contributed by atoms with Crippen LogP contribution in [-0.2, 0) is 6.42 Å². The van der Waals surface area contributed by atoms with Crippen molar-refractivity contribution < 1.29 is 9.21 Å². The van der Waals surface area contributed by atoms with Crippen LogP contribution >= 0.6 is 0 Å². The fourth-order valence-corrected chi connectivity index (χ4v) is 3.28. The van der Waals surface area contributed by atoms with E-state index in [1.807, 2.05) is 28.9 Å². The number of ketones is 1. The van der Waals surface area contributed by atoms with Gasteiger partial charge in [-0.05, 0) is 18.2 Å². The van der Waals surface area contributed by atoms with E-state index in [1.165, 1.54) is 12.5 Å². The molecular weight excluding hydrogens is 410 g/mol. The van der Waals surface area contributed by atoms with Gasteiger partial charge in [0, 0.05) is 43.2 Å². The van der Waals surface area contributed by atoms with E-state index in [4.69, 9.17) is 15.9 Å². The zero-order chi connectivity index (χ0) is 22.1. The van der Waals surface area contributed by atoms with Gasteiger partial charge in [-0.1, -0.05) is 0 Å². The number of Topliss-reactive ketones (excluding diaryl/α,β-unsaturated/α-hetero) is 1. The molecule has 0 saturated carbocycles. The first kappa shape index (κ1) is 19.3. The molecule has 4 N–H and O–H groups in total. The standard InChI is InChI=1S/C21H17N9O2/c22-14-5-6-24-15(27-14)3-2-13(31)18-20(23)29-19(21-26-8-10-32-21)17(28-18)12-1-4-16-25-7-9-30(16)11-12/h1,4-11H,2-3H2,(H2,23,29)(H2,22,24,27). The number of aromatic nitrogens is 7. The van der Waals surface area contributed by atoms with Crippen LogP contribution in [0.15, 0.2) is 59.9 Å². The number of hydrogen-bond acceptors (Lipinski definition) is 10. The van der Waals surface area contributed by atoms with Gasteiger partial charge >= 0.3 is 0 Å². The molecule has 0 bridgehead atoms. The molecule has 0 radical (unpaired) electrons. The van der Waals surface area contributed by atoms with Crippen molar-refractivity contribution in [2.75, 3.05) is 11.5 Å². The van der Waals surface area contributed by atoms with Crippen LogP contribution in [-0.4, -0.2) is 40.1 Å². The van der Waals surface area contributed by atoms with Crippen LogP contribution in [0.3, 0.4) is 0 Å². The lowest BCUT2D eigenvalue weighted by molar-refractivity contribution is 0.0978. The van der Waals surface area contributed by atoms with Crippen LogP contribution in [0.4, 0.5) is 11.6 Å². The van der Waals surface area contributed by atoms with Gasteiger partial charge in [0.05, 0.1) is 6.20 Å². The Bertz CT molecular complexity index is 1430. The van der Waals surface area contributed by atoms with Gasteiger partial charge in [0.2, 0.25) is 5.89 Å². The average Bonchev–Trinajstić information content (AvgIpc) is 3.49. The molecule has 11 heteroatoms. The highest BCUT2D eigenvalue weighted by molar-refractivity contribution is 5.99. The van der Waals surface area contributed by atoms with E-state index in [9.17, 15) is 4.79 Å². The molecule has 0 atom stereocenters. The summed E-state index contributed by atoms with van der Waals surface area (Å²) in [5.74, 6) is 0.757. The van der Waals surface area contributed by atoms with Crippen LogP contribution in [0.2, 0.25) is 0 Å². The quantitative estimate of drug-likeness (QED) is 0.384. The minimum Gasteiger partial charge on any atom is -0.443 e. The zero-order valence-electron chi connectivity index (χ0n) is 16.7. The molecule has 0 aromatic carbocycles. The highest BCUT2D eigenvalue weighted by Gasteiger charge is 2.22. The van der Waals surface area contributed by atoms with Gasteiger partial charge in [-0.15, -0.1) is 0 Å². The normalized spacial score (nSPS) is 11.1.